The van der Waals surface area contributed by atoms with Crippen molar-refractivity contribution in [2.45, 2.75) is 25.5 Å². The van der Waals surface area contributed by atoms with Gasteiger partial charge in [0.2, 0.25) is 0 Å². The van der Waals surface area contributed by atoms with Crippen LogP contribution in [0.4, 0.5) is 14.9 Å². The number of anilines is 1. The molecule has 0 bridgehead atoms. The second-order valence-corrected chi connectivity index (χ2v) is 5.80. The molecule has 0 aliphatic carbocycles. The number of benzene rings is 2. The molecular weight excluding hydrogens is 353 g/mol. The maximum absolute atomic E-state index is 13.6. The molecule has 4 N–H and O–H groups in total. The first-order chi connectivity index (χ1) is 12.9. The maximum atomic E-state index is 13.6. The zero-order valence-electron chi connectivity index (χ0n) is 14.6. The Balaban J connectivity index is 2.01. The molecule has 2 aromatic carbocycles. The van der Waals surface area contributed by atoms with Gasteiger partial charge in [-0.05, 0) is 24.6 Å². The number of carbonyl (C=O) groups is 3. The van der Waals surface area contributed by atoms with Crippen molar-refractivity contribution in [3.8, 4) is 0 Å². The summed E-state index contributed by atoms with van der Waals surface area (Å²) in [7, 11) is 0. The number of rotatable bonds is 7. The Hall–Kier alpha value is -3.42. The van der Waals surface area contributed by atoms with Crippen molar-refractivity contribution in [1.29, 1.82) is 0 Å². The molecule has 7 nitrogen and oxygen atoms in total. The van der Waals surface area contributed by atoms with E-state index in [1.54, 1.807) is 30.3 Å². The summed E-state index contributed by atoms with van der Waals surface area (Å²) in [4.78, 5) is 35.7. The number of halogens is 1. The number of para-hydroxylation sites is 1. The maximum Gasteiger partial charge on any atom is 0.329 e. The van der Waals surface area contributed by atoms with Crippen LogP contribution in [-0.4, -0.2) is 30.1 Å². The minimum Gasteiger partial charge on any atom is -0.451 e. The van der Waals surface area contributed by atoms with Gasteiger partial charge >= 0.3 is 12.0 Å². The van der Waals surface area contributed by atoms with Gasteiger partial charge in [0.25, 0.3) is 5.91 Å². The summed E-state index contributed by atoms with van der Waals surface area (Å²) in [5.41, 5.74) is 5.86. The van der Waals surface area contributed by atoms with Crippen LogP contribution in [0.1, 0.15) is 12.5 Å². The molecule has 0 fully saturated rings. The third-order valence-electron chi connectivity index (χ3n) is 3.68. The summed E-state index contributed by atoms with van der Waals surface area (Å²) in [5.74, 6) is -2.14. The van der Waals surface area contributed by atoms with Gasteiger partial charge in [-0.25, -0.2) is 14.0 Å². The minimum absolute atomic E-state index is 0.0264. The fraction of sp³-hybridized carbons (Fsp3) is 0.211. The molecule has 0 saturated carbocycles. The molecule has 0 unspecified atom stereocenters. The number of primary amides is 1. The fourth-order valence-corrected chi connectivity index (χ4v) is 2.32. The van der Waals surface area contributed by atoms with Gasteiger partial charge in [0.05, 0.1) is 5.69 Å². The third kappa shape index (κ3) is 6.10. The van der Waals surface area contributed by atoms with Crippen molar-refractivity contribution in [3.05, 3.63) is 66.0 Å². The molecule has 2 atom stereocenters. The second kappa shape index (κ2) is 9.33. The number of hydrogen-bond donors (Lipinski definition) is 3. The lowest BCUT2D eigenvalue weighted by molar-refractivity contribution is -0.155. The molecule has 3 amide bonds. The van der Waals surface area contributed by atoms with Crippen LogP contribution in [0.15, 0.2) is 54.6 Å². The van der Waals surface area contributed by atoms with E-state index in [2.05, 4.69) is 10.6 Å². The van der Waals surface area contributed by atoms with E-state index in [0.29, 0.717) is 0 Å². The number of amides is 3. The average molecular weight is 373 g/mol. The van der Waals surface area contributed by atoms with Crippen LogP contribution in [0.2, 0.25) is 0 Å². The molecule has 142 valence electrons. The van der Waals surface area contributed by atoms with Gasteiger partial charge in [0, 0.05) is 6.42 Å². The molecule has 2 aromatic rings. The minimum atomic E-state index is -1.20. The van der Waals surface area contributed by atoms with E-state index in [0.717, 1.165) is 5.56 Å². The molecule has 27 heavy (non-hydrogen) atoms. The van der Waals surface area contributed by atoms with Gasteiger partial charge in [-0.2, -0.15) is 0 Å². The Kier molecular flexibility index (Phi) is 6.87. The monoisotopic (exact) mass is 373 g/mol. The van der Waals surface area contributed by atoms with E-state index >= 15 is 0 Å². The highest BCUT2D eigenvalue weighted by Crippen LogP contribution is 2.13. The fourth-order valence-electron chi connectivity index (χ4n) is 2.32. The van der Waals surface area contributed by atoms with Crippen LogP contribution in [0.5, 0.6) is 0 Å². The zero-order valence-corrected chi connectivity index (χ0v) is 14.6. The van der Waals surface area contributed by atoms with Crippen molar-refractivity contribution in [1.82, 2.24) is 5.32 Å². The van der Waals surface area contributed by atoms with Crippen LogP contribution < -0.4 is 16.4 Å². The number of urea groups is 1. The van der Waals surface area contributed by atoms with E-state index in [1.807, 2.05) is 6.07 Å². The lowest BCUT2D eigenvalue weighted by Gasteiger charge is -2.20. The van der Waals surface area contributed by atoms with Gasteiger partial charge in [-0.1, -0.05) is 42.5 Å². The van der Waals surface area contributed by atoms with Crippen molar-refractivity contribution in [3.63, 3.8) is 0 Å². The molecule has 0 aliphatic heterocycles. The predicted molar refractivity (Wildman–Crippen MR) is 97.2 cm³/mol. The van der Waals surface area contributed by atoms with Crippen molar-refractivity contribution in [2.75, 3.05) is 5.32 Å². The highest BCUT2D eigenvalue weighted by atomic mass is 19.1. The Bertz CT molecular complexity index is 814. The summed E-state index contributed by atoms with van der Waals surface area (Å²) >= 11 is 0. The first-order valence-corrected chi connectivity index (χ1v) is 8.22. The molecule has 0 spiro atoms. The van der Waals surface area contributed by atoms with Gasteiger partial charge < -0.3 is 21.1 Å². The van der Waals surface area contributed by atoms with E-state index in [1.165, 1.54) is 25.1 Å². The summed E-state index contributed by atoms with van der Waals surface area (Å²) in [5, 5.41) is 4.65. The van der Waals surface area contributed by atoms with Crippen LogP contribution in [0.3, 0.4) is 0 Å². The summed E-state index contributed by atoms with van der Waals surface area (Å²) in [6, 6.07) is 12.6. The quantitative estimate of drug-likeness (QED) is 0.645. The van der Waals surface area contributed by atoms with Crippen LogP contribution in [-0.2, 0) is 20.7 Å². The van der Waals surface area contributed by atoms with Crippen molar-refractivity contribution < 1.29 is 23.5 Å². The predicted octanol–water partition coefficient (Wildman–Crippen LogP) is 1.98. The Morgan fingerprint density at radius 3 is 2.33 bits per heavy atom. The summed E-state index contributed by atoms with van der Waals surface area (Å²) in [6.45, 7) is 1.35. The zero-order chi connectivity index (χ0) is 19.8. The average Bonchev–Trinajstić information content (AvgIpc) is 2.63. The van der Waals surface area contributed by atoms with Gasteiger partial charge in [-0.15, -0.1) is 0 Å². The van der Waals surface area contributed by atoms with Crippen LogP contribution in [0, 0.1) is 5.82 Å². The molecule has 0 saturated heterocycles. The lowest BCUT2D eigenvalue weighted by atomic mass is 10.1. The molecule has 0 heterocycles. The second-order valence-electron chi connectivity index (χ2n) is 5.80. The molecule has 0 aliphatic rings. The number of carbonyl (C=O) groups excluding carboxylic acids is 3. The van der Waals surface area contributed by atoms with E-state index < -0.39 is 35.9 Å². The van der Waals surface area contributed by atoms with Gasteiger partial charge in [0.1, 0.15) is 11.9 Å². The van der Waals surface area contributed by atoms with E-state index in [9.17, 15) is 18.8 Å². The molecule has 0 aromatic heterocycles. The highest BCUT2D eigenvalue weighted by molar-refractivity contribution is 5.95. The number of esters is 1. The van der Waals surface area contributed by atoms with Crippen LogP contribution in [0.25, 0.3) is 0 Å². The smallest absolute Gasteiger partial charge is 0.329 e. The summed E-state index contributed by atoms with van der Waals surface area (Å²) < 4.78 is 18.7. The van der Waals surface area contributed by atoms with Gasteiger partial charge in [-0.3, -0.25) is 4.79 Å². The topological polar surface area (TPSA) is 111 Å². The molecule has 8 heteroatoms. The Labute approximate surface area is 155 Å². The molecule has 0 radical (unpaired) electrons. The Morgan fingerprint density at radius 2 is 1.70 bits per heavy atom. The van der Waals surface area contributed by atoms with Crippen molar-refractivity contribution in [2.24, 2.45) is 5.73 Å². The number of hydrogen-bond acceptors (Lipinski definition) is 4. The molecular formula is C19H20FN3O4. The SMILES string of the molecule is C[C@H](OC(=O)[C@H](Cc1ccccc1)NC(N)=O)C(=O)Nc1ccccc1F. The summed E-state index contributed by atoms with van der Waals surface area (Å²) in [6.07, 6.45) is -1.06. The largest absolute Gasteiger partial charge is 0.451 e. The number of nitrogens with two attached hydrogens (primary N) is 1. The standard InChI is InChI=1S/C19H20FN3O4/c1-12(17(24)22-15-10-6-5-9-14(15)20)27-18(25)16(23-19(21)26)11-13-7-3-2-4-8-13/h2-10,12,16H,11H2,1H3,(H,22,24)(H3,21,23,26)/t12-,16-/m0/s1. The Morgan fingerprint density at radius 1 is 1.07 bits per heavy atom. The van der Waals surface area contributed by atoms with E-state index in [-0.39, 0.29) is 12.1 Å². The highest BCUT2D eigenvalue weighted by Gasteiger charge is 2.26. The third-order valence-corrected chi connectivity index (χ3v) is 3.68. The first-order valence-electron chi connectivity index (χ1n) is 8.22. The number of ether oxygens (including phenoxy) is 1. The van der Waals surface area contributed by atoms with Gasteiger partial charge in [0.15, 0.2) is 6.10 Å². The van der Waals surface area contributed by atoms with E-state index in [4.69, 9.17) is 10.5 Å². The first kappa shape index (κ1) is 19.9. The molecule has 2 rings (SSSR count). The normalized spacial score (nSPS) is 12.5. The lowest BCUT2D eigenvalue weighted by Crippen LogP contribution is -2.47. The van der Waals surface area contributed by atoms with Crippen LogP contribution >= 0.6 is 0 Å². The number of nitrogens with one attached hydrogen (secondary N) is 2. The van der Waals surface area contributed by atoms with Crippen molar-refractivity contribution >= 4 is 23.6 Å².